The van der Waals surface area contributed by atoms with Crippen molar-refractivity contribution in [3.63, 3.8) is 0 Å². The van der Waals surface area contributed by atoms with Gasteiger partial charge in [0.15, 0.2) is 0 Å². The lowest BCUT2D eigenvalue weighted by molar-refractivity contribution is -0.141. The first kappa shape index (κ1) is 15.1. The number of carboxylic acids is 1. The van der Waals surface area contributed by atoms with Gasteiger partial charge >= 0.3 is 12.0 Å². The summed E-state index contributed by atoms with van der Waals surface area (Å²) in [4.78, 5) is 26.4. The van der Waals surface area contributed by atoms with E-state index in [0.717, 1.165) is 5.75 Å². The third-order valence-electron chi connectivity index (χ3n) is 2.90. The summed E-state index contributed by atoms with van der Waals surface area (Å²) in [6.07, 6.45) is 0.514. The van der Waals surface area contributed by atoms with E-state index >= 15 is 0 Å². The Morgan fingerprint density at radius 3 is 2.78 bits per heavy atom. The second-order valence-corrected chi connectivity index (χ2v) is 5.21. The summed E-state index contributed by atoms with van der Waals surface area (Å²) in [5, 5.41) is 17.9. The zero-order valence-electron chi connectivity index (χ0n) is 10.5. The first-order valence-corrected chi connectivity index (χ1v) is 7.24. The summed E-state index contributed by atoms with van der Waals surface area (Å²) in [6.45, 7) is 3.33. The summed E-state index contributed by atoms with van der Waals surface area (Å²) >= 11 is 1.56. The van der Waals surface area contributed by atoms with Gasteiger partial charge in [-0.3, -0.25) is 0 Å². The number of aliphatic hydroxyl groups excluding tert-OH is 1. The van der Waals surface area contributed by atoms with Gasteiger partial charge in [0.05, 0.1) is 0 Å². The van der Waals surface area contributed by atoms with Crippen LogP contribution in [0, 0.1) is 0 Å². The Morgan fingerprint density at radius 1 is 1.50 bits per heavy atom. The Balaban J connectivity index is 2.68. The molecule has 1 saturated heterocycles. The minimum Gasteiger partial charge on any atom is -0.480 e. The molecule has 1 aliphatic heterocycles. The number of rotatable bonds is 5. The summed E-state index contributed by atoms with van der Waals surface area (Å²) in [5.74, 6) is 0.264. The highest BCUT2D eigenvalue weighted by Crippen LogP contribution is 2.18. The van der Waals surface area contributed by atoms with E-state index < -0.39 is 12.0 Å². The van der Waals surface area contributed by atoms with Gasteiger partial charge in [0.1, 0.15) is 6.04 Å². The molecule has 1 unspecified atom stereocenters. The van der Waals surface area contributed by atoms with Gasteiger partial charge in [-0.25, -0.2) is 9.59 Å². The number of carbonyl (C=O) groups is 2. The van der Waals surface area contributed by atoms with Gasteiger partial charge in [-0.05, 0) is 13.3 Å². The highest BCUT2D eigenvalue weighted by molar-refractivity contribution is 7.99. The molecule has 0 spiro atoms. The molecule has 0 saturated carbocycles. The predicted molar refractivity (Wildman–Crippen MR) is 69.8 cm³/mol. The molecule has 2 amide bonds. The maximum atomic E-state index is 12.2. The van der Waals surface area contributed by atoms with Gasteiger partial charge in [0, 0.05) is 37.7 Å². The molecule has 1 atom stereocenters. The number of amides is 2. The van der Waals surface area contributed by atoms with E-state index in [0.29, 0.717) is 31.8 Å². The summed E-state index contributed by atoms with van der Waals surface area (Å²) < 4.78 is 0. The van der Waals surface area contributed by atoms with Crippen molar-refractivity contribution in [3.8, 4) is 0 Å². The van der Waals surface area contributed by atoms with E-state index in [4.69, 9.17) is 10.2 Å². The van der Waals surface area contributed by atoms with Crippen LogP contribution in [-0.2, 0) is 4.79 Å². The van der Waals surface area contributed by atoms with Crippen molar-refractivity contribution in [1.29, 1.82) is 0 Å². The van der Waals surface area contributed by atoms with Crippen molar-refractivity contribution >= 4 is 23.8 Å². The van der Waals surface area contributed by atoms with Crippen molar-refractivity contribution < 1.29 is 19.8 Å². The van der Waals surface area contributed by atoms with Crippen LogP contribution in [-0.4, -0.2) is 75.8 Å². The fraction of sp³-hybridized carbons (Fsp3) is 0.818. The molecule has 0 aromatic heterocycles. The van der Waals surface area contributed by atoms with Gasteiger partial charge in [-0.2, -0.15) is 11.8 Å². The number of hydrogen-bond acceptors (Lipinski definition) is 4. The molecular formula is C11H20N2O4S. The smallest absolute Gasteiger partial charge is 0.327 e. The van der Waals surface area contributed by atoms with Crippen molar-refractivity contribution in [2.75, 3.05) is 37.7 Å². The number of carboxylic acid groups (broad SMARTS) is 1. The van der Waals surface area contributed by atoms with Gasteiger partial charge in [0.2, 0.25) is 0 Å². The molecule has 1 rings (SSSR count). The normalized spacial score (nSPS) is 19.7. The number of nitrogens with zero attached hydrogens (tertiary/aromatic N) is 2. The quantitative estimate of drug-likeness (QED) is 0.755. The van der Waals surface area contributed by atoms with Crippen LogP contribution in [0.1, 0.15) is 13.3 Å². The van der Waals surface area contributed by atoms with E-state index in [-0.39, 0.29) is 12.6 Å². The van der Waals surface area contributed by atoms with Crippen molar-refractivity contribution in [2.24, 2.45) is 0 Å². The minimum atomic E-state index is -0.950. The average molecular weight is 276 g/mol. The van der Waals surface area contributed by atoms with Crippen molar-refractivity contribution in [2.45, 2.75) is 19.4 Å². The zero-order valence-corrected chi connectivity index (χ0v) is 11.4. The van der Waals surface area contributed by atoms with Crippen molar-refractivity contribution in [3.05, 3.63) is 0 Å². The van der Waals surface area contributed by atoms with E-state index in [2.05, 4.69) is 0 Å². The Bertz CT molecular complexity index is 301. The molecule has 7 heteroatoms. The van der Waals surface area contributed by atoms with Crippen LogP contribution in [0.4, 0.5) is 4.79 Å². The van der Waals surface area contributed by atoms with Crippen LogP contribution >= 0.6 is 11.8 Å². The number of carbonyl (C=O) groups excluding carboxylic acids is 1. The second-order valence-electron chi connectivity index (χ2n) is 4.06. The lowest BCUT2D eigenvalue weighted by Gasteiger charge is -2.36. The highest BCUT2D eigenvalue weighted by Gasteiger charge is 2.34. The number of hydrogen-bond donors (Lipinski definition) is 2. The van der Waals surface area contributed by atoms with Gasteiger partial charge in [0.25, 0.3) is 0 Å². The topological polar surface area (TPSA) is 81.1 Å². The molecule has 0 bridgehead atoms. The molecule has 1 fully saturated rings. The largest absolute Gasteiger partial charge is 0.480 e. The van der Waals surface area contributed by atoms with Crippen LogP contribution in [0.25, 0.3) is 0 Å². The second kappa shape index (κ2) is 7.48. The minimum absolute atomic E-state index is 0.0298. The predicted octanol–water partition coefficient (Wildman–Crippen LogP) is 0.313. The fourth-order valence-corrected chi connectivity index (χ4v) is 2.91. The Labute approximate surface area is 111 Å². The van der Waals surface area contributed by atoms with Crippen LogP contribution in [0.2, 0.25) is 0 Å². The van der Waals surface area contributed by atoms with Crippen LogP contribution in [0.5, 0.6) is 0 Å². The van der Waals surface area contributed by atoms with Crippen LogP contribution in [0.3, 0.4) is 0 Å². The third-order valence-corrected chi connectivity index (χ3v) is 3.92. The number of urea groups is 1. The first-order valence-electron chi connectivity index (χ1n) is 6.08. The highest BCUT2D eigenvalue weighted by atomic mass is 32.2. The summed E-state index contributed by atoms with van der Waals surface area (Å²) in [7, 11) is 0. The standard InChI is InChI=1S/C11H20N2O4S/c1-2-12(4-3-6-14)11(17)13-5-7-18-8-9(13)10(15)16/h9,14H,2-8H2,1H3,(H,15,16). The Kier molecular flexibility index (Phi) is 6.28. The van der Waals surface area contributed by atoms with Gasteiger partial charge < -0.3 is 20.0 Å². The van der Waals surface area contributed by atoms with E-state index in [1.165, 1.54) is 4.90 Å². The first-order chi connectivity index (χ1) is 8.61. The summed E-state index contributed by atoms with van der Waals surface area (Å²) in [6, 6.07) is -0.974. The lowest BCUT2D eigenvalue weighted by atomic mass is 10.3. The molecule has 0 aromatic rings. The number of aliphatic hydroxyl groups is 1. The molecule has 0 aliphatic carbocycles. The molecule has 0 aromatic carbocycles. The average Bonchev–Trinajstić information content (AvgIpc) is 2.39. The lowest BCUT2D eigenvalue weighted by Crippen LogP contribution is -2.55. The summed E-state index contributed by atoms with van der Waals surface area (Å²) in [5.41, 5.74) is 0. The van der Waals surface area contributed by atoms with Crippen LogP contribution < -0.4 is 0 Å². The molecule has 2 N–H and O–H groups in total. The molecule has 104 valence electrons. The molecule has 6 nitrogen and oxygen atoms in total. The maximum Gasteiger partial charge on any atom is 0.327 e. The molecule has 0 radical (unpaired) electrons. The zero-order chi connectivity index (χ0) is 13.5. The number of aliphatic carboxylic acids is 1. The Hall–Kier alpha value is -0.950. The van der Waals surface area contributed by atoms with Crippen molar-refractivity contribution in [1.82, 2.24) is 9.80 Å². The maximum absolute atomic E-state index is 12.2. The SMILES string of the molecule is CCN(CCCO)C(=O)N1CCSCC1C(=O)O. The molecule has 18 heavy (non-hydrogen) atoms. The Morgan fingerprint density at radius 2 is 2.22 bits per heavy atom. The monoisotopic (exact) mass is 276 g/mol. The molecule has 1 aliphatic rings. The van der Waals surface area contributed by atoms with Gasteiger partial charge in [-0.1, -0.05) is 0 Å². The number of thioether (sulfide) groups is 1. The van der Waals surface area contributed by atoms with Gasteiger partial charge in [-0.15, -0.1) is 0 Å². The molecular weight excluding hydrogens is 256 g/mol. The molecule has 1 heterocycles. The fourth-order valence-electron chi connectivity index (χ4n) is 1.87. The van der Waals surface area contributed by atoms with E-state index in [1.807, 2.05) is 6.92 Å². The van der Waals surface area contributed by atoms with E-state index in [9.17, 15) is 9.59 Å². The third kappa shape index (κ3) is 3.78. The van der Waals surface area contributed by atoms with E-state index in [1.54, 1.807) is 16.7 Å². The van der Waals surface area contributed by atoms with Crippen LogP contribution in [0.15, 0.2) is 0 Å².